The Kier molecular flexibility index (Phi) is 6.38. The number of nitrogens with one attached hydrogen (secondary N) is 2. The second-order valence-electron chi connectivity index (χ2n) is 7.38. The zero-order valence-corrected chi connectivity index (χ0v) is 19.0. The van der Waals surface area contributed by atoms with E-state index in [0.29, 0.717) is 33.7 Å². The second kappa shape index (κ2) is 9.24. The fraction of sp³-hybridized carbons (Fsp3) is 0.227. The van der Waals surface area contributed by atoms with Crippen LogP contribution in [0.1, 0.15) is 11.3 Å². The fourth-order valence-electron chi connectivity index (χ4n) is 3.57. The van der Waals surface area contributed by atoms with Gasteiger partial charge in [0.1, 0.15) is 11.3 Å². The number of aryl methyl sites for hydroxylation is 1. The number of fused-ring (bicyclic) bond motifs is 1. The highest BCUT2D eigenvalue weighted by atomic mass is 32.2. The van der Waals surface area contributed by atoms with Crippen LogP contribution in [-0.2, 0) is 21.4 Å². The number of aromatic amines is 1. The smallest absolute Gasteiger partial charge is 0.277 e. The Bertz CT molecular complexity index is 1460. The number of sulfonamides is 1. The average Bonchev–Trinajstić information content (AvgIpc) is 3.15. The molecule has 0 fully saturated rings. The van der Waals surface area contributed by atoms with E-state index in [0.717, 1.165) is 5.69 Å². The minimum atomic E-state index is -3.73. The summed E-state index contributed by atoms with van der Waals surface area (Å²) in [6.07, 6.45) is 0. The number of nitrogens with zero attached hydrogens (tertiary/aromatic N) is 3. The molecule has 172 valence electrons. The Morgan fingerprint density at radius 3 is 2.64 bits per heavy atom. The largest absolute Gasteiger partial charge is 0.380 e. The van der Waals surface area contributed by atoms with Gasteiger partial charge in [-0.05, 0) is 42.8 Å². The molecule has 0 saturated heterocycles. The van der Waals surface area contributed by atoms with Gasteiger partial charge >= 0.3 is 0 Å². The molecule has 0 aliphatic carbocycles. The summed E-state index contributed by atoms with van der Waals surface area (Å²) in [5.41, 5.74) is 8.30. The number of hydrogen-bond donors (Lipinski definition) is 3. The lowest BCUT2D eigenvalue weighted by Gasteiger charge is -2.12. The first kappa shape index (κ1) is 22.8. The van der Waals surface area contributed by atoms with Crippen LogP contribution < -0.4 is 16.0 Å². The van der Waals surface area contributed by atoms with Crippen molar-refractivity contribution in [2.24, 2.45) is 5.73 Å². The van der Waals surface area contributed by atoms with Crippen molar-refractivity contribution in [2.45, 2.75) is 18.4 Å². The van der Waals surface area contributed by atoms with Crippen molar-refractivity contribution in [1.82, 2.24) is 24.5 Å². The van der Waals surface area contributed by atoms with E-state index >= 15 is 0 Å². The van der Waals surface area contributed by atoms with Crippen molar-refractivity contribution in [3.05, 3.63) is 70.1 Å². The maximum absolute atomic E-state index is 13.1. The van der Waals surface area contributed by atoms with Gasteiger partial charge in [0.05, 0.1) is 22.9 Å². The predicted octanol–water partition coefficient (Wildman–Crippen LogP) is 1.47. The van der Waals surface area contributed by atoms with Crippen molar-refractivity contribution in [1.29, 1.82) is 0 Å². The third-order valence-electron chi connectivity index (χ3n) is 5.08. The minimum Gasteiger partial charge on any atom is -0.380 e. The molecule has 0 atom stereocenters. The minimum absolute atomic E-state index is 0.0725. The first-order valence-corrected chi connectivity index (χ1v) is 11.7. The Morgan fingerprint density at radius 2 is 1.94 bits per heavy atom. The van der Waals surface area contributed by atoms with E-state index < -0.39 is 10.0 Å². The Hall–Kier alpha value is -3.38. The molecule has 4 rings (SSSR count). The first-order valence-electron chi connectivity index (χ1n) is 10.2. The quantitative estimate of drug-likeness (QED) is 0.355. The molecule has 0 saturated carbocycles. The SMILES string of the molecule is COCc1cc(S(=O)(=O)NCCN)ccc1-c1nc2c(C)nn(-c3ccccc3)c2c(=O)[nH]1. The molecule has 33 heavy (non-hydrogen) atoms. The van der Waals surface area contributed by atoms with E-state index in [1.807, 2.05) is 30.3 Å². The van der Waals surface area contributed by atoms with Gasteiger partial charge in [0.25, 0.3) is 5.56 Å². The molecule has 10 nitrogen and oxygen atoms in total. The summed E-state index contributed by atoms with van der Waals surface area (Å²) in [7, 11) is -2.23. The third-order valence-corrected chi connectivity index (χ3v) is 6.54. The summed E-state index contributed by atoms with van der Waals surface area (Å²) in [6, 6.07) is 13.9. The van der Waals surface area contributed by atoms with Gasteiger partial charge in [-0.3, -0.25) is 4.79 Å². The molecule has 4 N–H and O–H groups in total. The van der Waals surface area contributed by atoms with E-state index in [1.165, 1.54) is 19.2 Å². The molecule has 2 heterocycles. The van der Waals surface area contributed by atoms with Gasteiger partial charge in [-0.1, -0.05) is 18.2 Å². The van der Waals surface area contributed by atoms with E-state index in [-0.39, 0.29) is 30.2 Å². The summed E-state index contributed by atoms with van der Waals surface area (Å²) in [5, 5.41) is 4.50. The highest BCUT2D eigenvalue weighted by molar-refractivity contribution is 7.89. The maximum Gasteiger partial charge on any atom is 0.277 e. The van der Waals surface area contributed by atoms with E-state index in [2.05, 4.69) is 19.8 Å². The Balaban J connectivity index is 1.85. The molecular formula is C22H24N6O4S. The highest BCUT2D eigenvalue weighted by Crippen LogP contribution is 2.26. The molecule has 2 aromatic heterocycles. The standard InChI is InChI=1S/C22H24N6O4S/c1-14-19-20(28(27-14)16-6-4-3-5-7-16)22(29)26-21(25-19)18-9-8-17(12-15(18)13-32-2)33(30,31)24-11-10-23/h3-9,12,24H,10-11,13,23H2,1-2H3,(H,25,26,29). The van der Waals surface area contributed by atoms with Gasteiger partial charge < -0.3 is 15.5 Å². The fourth-order valence-corrected chi connectivity index (χ4v) is 4.66. The molecule has 0 amide bonds. The van der Waals surface area contributed by atoms with Crippen molar-refractivity contribution in [3.8, 4) is 17.1 Å². The average molecular weight is 469 g/mol. The van der Waals surface area contributed by atoms with Crippen LogP contribution in [0.4, 0.5) is 0 Å². The molecule has 0 unspecified atom stereocenters. The summed E-state index contributed by atoms with van der Waals surface area (Å²) in [5.74, 6) is 0.300. The first-order chi connectivity index (χ1) is 15.9. The number of H-pyrrole nitrogens is 1. The zero-order chi connectivity index (χ0) is 23.6. The van der Waals surface area contributed by atoms with Crippen LogP contribution in [0.3, 0.4) is 0 Å². The number of nitrogens with two attached hydrogens (primary N) is 1. The van der Waals surface area contributed by atoms with Gasteiger partial charge in [0, 0.05) is 25.8 Å². The van der Waals surface area contributed by atoms with Gasteiger partial charge in [-0.25, -0.2) is 22.8 Å². The third kappa shape index (κ3) is 4.44. The lowest BCUT2D eigenvalue weighted by molar-refractivity contribution is 0.185. The summed E-state index contributed by atoms with van der Waals surface area (Å²) >= 11 is 0. The van der Waals surface area contributed by atoms with Crippen molar-refractivity contribution in [2.75, 3.05) is 20.2 Å². The van der Waals surface area contributed by atoms with Crippen LogP contribution in [0, 0.1) is 6.92 Å². The van der Waals surface area contributed by atoms with Gasteiger partial charge in [-0.2, -0.15) is 5.10 Å². The number of aromatic nitrogens is 4. The molecule has 0 radical (unpaired) electrons. The topological polar surface area (TPSA) is 145 Å². The van der Waals surface area contributed by atoms with Crippen LogP contribution >= 0.6 is 0 Å². The number of ether oxygens (including phenoxy) is 1. The molecule has 2 aromatic carbocycles. The van der Waals surface area contributed by atoms with Crippen LogP contribution in [0.25, 0.3) is 28.1 Å². The molecule has 0 bridgehead atoms. The molecule has 0 spiro atoms. The lowest BCUT2D eigenvalue weighted by Crippen LogP contribution is -2.29. The molecule has 11 heteroatoms. The number of para-hydroxylation sites is 1. The van der Waals surface area contributed by atoms with Crippen LogP contribution in [0.5, 0.6) is 0 Å². The predicted molar refractivity (Wildman–Crippen MR) is 125 cm³/mol. The van der Waals surface area contributed by atoms with Crippen molar-refractivity contribution in [3.63, 3.8) is 0 Å². The van der Waals surface area contributed by atoms with Gasteiger partial charge in [-0.15, -0.1) is 0 Å². The molecule has 0 aliphatic heterocycles. The number of rotatable bonds is 8. The molecule has 0 aliphatic rings. The van der Waals surface area contributed by atoms with E-state index in [4.69, 9.17) is 10.5 Å². The van der Waals surface area contributed by atoms with Gasteiger partial charge in [0.2, 0.25) is 10.0 Å². The number of benzene rings is 2. The monoisotopic (exact) mass is 468 g/mol. The van der Waals surface area contributed by atoms with E-state index in [9.17, 15) is 13.2 Å². The maximum atomic E-state index is 13.1. The van der Waals surface area contributed by atoms with Gasteiger partial charge in [0.15, 0.2) is 5.52 Å². The number of methoxy groups -OCH3 is 1. The number of hydrogen-bond acceptors (Lipinski definition) is 7. The Labute approximate surface area is 190 Å². The summed E-state index contributed by atoms with van der Waals surface area (Å²) in [4.78, 5) is 20.6. The lowest BCUT2D eigenvalue weighted by atomic mass is 10.1. The van der Waals surface area contributed by atoms with E-state index in [1.54, 1.807) is 17.7 Å². The Morgan fingerprint density at radius 1 is 1.18 bits per heavy atom. The van der Waals surface area contributed by atoms with Crippen molar-refractivity contribution < 1.29 is 13.2 Å². The van der Waals surface area contributed by atoms with Crippen LogP contribution in [-0.4, -0.2) is 48.4 Å². The van der Waals surface area contributed by atoms with Crippen LogP contribution in [0.15, 0.2) is 58.2 Å². The van der Waals surface area contributed by atoms with Crippen molar-refractivity contribution >= 4 is 21.1 Å². The molecular weight excluding hydrogens is 444 g/mol. The normalized spacial score (nSPS) is 11.8. The van der Waals surface area contributed by atoms with Crippen LogP contribution in [0.2, 0.25) is 0 Å². The summed E-state index contributed by atoms with van der Waals surface area (Å²) in [6.45, 7) is 2.22. The second-order valence-corrected chi connectivity index (χ2v) is 9.15. The zero-order valence-electron chi connectivity index (χ0n) is 18.2. The summed E-state index contributed by atoms with van der Waals surface area (Å²) < 4.78 is 34.3. The highest BCUT2D eigenvalue weighted by Gasteiger charge is 2.20. The molecule has 4 aromatic rings.